The number of rotatable bonds is 34. The Labute approximate surface area is 349 Å². The maximum Gasteiger partial charge on any atom is 0.472 e. The summed E-state index contributed by atoms with van der Waals surface area (Å²) >= 11 is 0. The first-order chi connectivity index (χ1) is 28.5. The summed E-state index contributed by atoms with van der Waals surface area (Å²) in [6, 6.07) is 0. The predicted octanol–water partition coefficient (Wildman–Crippen LogP) is 8.16. The maximum atomic E-state index is 13.9. The third-order valence-corrected chi connectivity index (χ3v) is 11.5. The number of imidazole rings is 1. The second-order valence-electron chi connectivity index (χ2n) is 15.7. The summed E-state index contributed by atoms with van der Waals surface area (Å²) < 4.78 is 54.8. The number of nitrogens with two attached hydrogens (primary N) is 1. The quantitative estimate of drug-likeness (QED) is 0.0225. The molecule has 6 atom stereocenters. The Morgan fingerprint density at radius 2 is 1.29 bits per heavy atom. The van der Waals surface area contributed by atoms with E-state index in [0.29, 0.717) is 12.8 Å². The number of aromatic nitrogens is 4. The SMILES string of the molecule is CCCCCCCCCCCCCC(=O)OC[C@H](COP(=O)(O)OC[C@H]1O[C@@H](n2cnc3c(N)nc(F)nc32)[C@@H](O)[C@@H]1O)OC(=O)CCCCCCCCCCCCC. The van der Waals surface area contributed by atoms with Gasteiger partial charge < -0.3 is 35.1 Å². The van der Waals surface area contributed by atoms with Gasteiger partial charge in [-0.2, -0.15) is 14.4 Å². The third kappa shape index (κ3) is 19.6. The highest BCUT2D eigenvalue weighted by Crippen LogP contribution is 2.45. The molecular weight excluding hydrogens is 788 g/mol. The van der Waals surface area contributed by atoms with Crippen molar-refractivity contribution in [2.75, 3.05) is 25.6 Å². The van der Waals surface area contributed by atoms with Gasteiger partial charge in [0.1, 0.15) is 24.9 Å². The molecule has 0 bridgehead atoms. The van der Waals surface area contributed by atoms with Crippen LogP contribution in [0.25, 0.3) is 11.2 Å². The molecule has 59 heavy (non-hydrogen) atoms. The van der Waals surface area contributed by atoms with Crippen LogP contribution < -0.4 is 5.73 Å². The lowest BCUT2D eigenvalue weighted by molar-refractivity contribution is -0.161. The first-order valence-corrected chi connectivity index (χ1v) is 23.6. The number of carbonyl (C=O) groups excluding carboxylic acids is 2. The van der Waals surface area contributed by atoms with E-state index >= 15 is 0 Å². The van der Waals surface area contributed by atoms with E-state index in [0.717, 1.165) is 43.1 Å². The number of hydrogen-bond donors (Lipinski definition) is 4. The first-order valence-electron chi connectivity index (χ1n) is 22.1. The van der Waals surface area contributed by atoms with E-state index in [2.05, 4.69) is 28.8 Å². The van der Waals surface area contributed by atoms with E-state index in [-0.39, 0.29) is 36.4 Å². The summed E-state index contributed by atoms with van der Waals surface area (Å²) in [6.07, 6.45) is 18.2. The normalized spacial score (nSPS) is 19.6. The Kier molecular flexibility index (Phi) is 24.6. The second-order valence-corrected chi connectivity index (χ2v) is 17.1. The van der Waals surface area contributed by atoms with E-state index in [1.54, 1.807) is 0 Å². The number of carbonyl (C=O) groups is 2. The van der Waals surface area contributed by atoms with Gasteiger partial charge in [0, 0.05) is 12.8 Å². The molecule has 1 unspecified atom stereocenters. The number of nitrogen functional groups attached to an aromatic ring is 1. The molecule has 0 aliphatic carbocycles. The molecule has 16 nitrogen and oxygen atoms in total. The van der Waals surface area contributed by atoms with Gasteiger partial charge in [0.05, 0.1) is 19.5 Å². The highest BCUT2D eigenvalue weighted by atomic mass is 31.2. The number of nitrogens with zero attached hydrogens (tertiary/aromatic N) is 4. The first kappa shape index (κ1) is 50.6. The molecule has 0 amide bonds. The smallest absolute Gasteiger partial charge is 0.462 e. The molecule has 338 valence electrons. The van der Waals surface area contributed by atoms with Crippen LogP contribution in [0.15, 0.2) is 6.33 Å². The van der Waals surface area contributed by atoms with Crippen molar-refractivity contribution in [2.24, 2.45) is 0 Å². The van der Waals surface area contributed by atoms with Crippen molar-refractivity contribution in [3.05, 3.63) is 12.4 Å². The highest BCUT2D eigenvalue weighted by Gasteiger charge is 2.45. The fourth-order valence-electron chi connectivity index (χ4n) is 7.06. The molecule has 0 radical (unpaired) electrons. The number of ether oxygens (including phenoxy) is 3. The van der Waals surface area contributed by atoms with E-state index in [4.69, 9.17) is 29.0 Å². The minimum atomic E-state index is -4.87. The molecule has 0 saturated carbocycles. The Hall–Kier alpha value is -2.79. The minimum absolute atomic E-state index is 0.0403. The monoisotopic (exact) mass is 859 g/mol. The van der Waals surface area contributed by atoms with Crippen LogP contribution in [0.5, 0.6) is 0 Å². The Morgan fingerprint density at radius 3 is 1.83 bits per heavy atom. The number of phosphoric acid groups is 1. The van der Waals surface area contributed by atoms with Crippen LogP contribution in [0.4, 0.5) is 10.2 Å². The van der Waals surface area contributed by atoms with Crippen LogP contribution in [-0.4, -0.2) is 90.8 Å². The van der Waals surface area contributed by atoms with E-state index in [1.165, 1.54) is 96.2 Å². The van der Waals surface area contributed by atoms with E-state index in [9.17, 15) is 33.7 Å². The molecule has 5 N–H and O–H groups in total. The molecule has 2 aromatic rings. The molecule has 3 heterocycles. The zero-order valence-corrected chi connectivity index (χ0v) is 36.2. The van der Waals surface area contributed by atoms with Crippen LogP contribution in [0, 0.1) is 6.08 Å². The van der Waals surface area contributed by atoms with E-state index < -0.39 is 69.7 Å². The zero-order chi connectivity index (χ0) is 42.9. The number of aliphatic hydroxyl groups excluding tert-OH is 2. The summed E-state index contributed by atoms with van der Waals surface area (Å²) in [4.78, 5) is 46.9. The van der Waals surface area contributed by atoms with E-state index in [1.807, 2.05) is 0 Å². The number of esters is 2. The summed E-state index contributed by atoms with van der Waals surface area (Å²) in [7, 11) is -4.87. The lowest BCUT2D eigenvalue weighted by atomic mass is 10.1. The molecule has 1 aliphatic heterocycles. The summed E-state index contributed by atoms with van der Waals surface area (Å²) in [5, 5.41) is 21.3. The van der Waals surface area contributed by atoms with Gasteiger partial charge in [0.2, 0.25) is 0 Å². The van der Waals surface area contributed by atoms with Gasteiger partial charge in [-0.15, -0.1) is 0 Å². The number of fused-ring (bicyclic) bond motifs is 1. The van der Waals surface area contributed by atoms with Gasteiger partial charge in [-0.3, -0.25) is 23.2 Å². The van der Waals surface area contributed by atoms with Gasteiger partial charge in [-0.25, -0.2) is 9.55 Å². The number of unbranched alkanes of at least 4 members (excludes halogenated alkanes) is 20. The summed E-state index contributed by atoms with van der Waals surface area (Å²) in [6.45, 7) is 2.70. The van der Waals surface area contributed by atoms with Crippen LogP contribution in [-0.2, 0) is 37.4 Å². The van der Waals surface area contributed by atoms with Crippen molar-refractivity contribution in [1.82, 2.24) is 19.5 Å². The molecule has 2 aromatic heterocycles. The lowest BCUT2D eigenvalue weighted by Crippen LogP contribution is -2.34. The van der Waals surface area contributed by atoms with Crippen molar-refractivity contribution < 1.29 is 56.9 Å². The average Bonchev–Trinajstić information content (AvgIpc) is 3.75. The summed E-state index contributed by atoms with van der Waals surface area (Å²) in [5.74, 6) is -1.26. The van der Waals surface area contributed by atoms with Gasteiger partial charge >= 0.3 is 25.8 Å². The molecule has 1 fully saturated rings. The van der Waals surface area contributed by atoms with Crippen molar-refractivity contribution in [3.8, 4) is 0 Å². The number of anilines is 1. The lowest BCUT2D eigenvalue weighted by Gasteiger charge is -2.21. The molecule has 3 rings (SSSR count). The molecule has 0 aromatic carbocycles. The fraction of sp³-hybridized carbons (Fsp3) is 0.829. The molecule has 1 aliphatic rings. The second kappa shape index (κ2) is 28.7. The molecule has 0 spiro atoms. The van der Waals surface area contributed by atoms with Gasteiger partial charge in [0.15, 0.2) is 29.3 Å². The van der Waals surface area contributed by atoms with Crippen LogP contribution in [0.1, 0.15) is 174 Å². The van der Waals surface area contributed by atoms with Crippen molar-refractivity contribution >= 4 is 36.7 Å². The van der Waals surface area contributed by atoms with Gasteiger partial charge in [-0.05, 0) is 12.8 Å². The minimum Gasteiger partial charge on any atom is -0.462 e. The Balaban J connectivity index is 1.44. The topological polar surface area (TPSA) is 228 Å². The number of phosphoric ester groups is 1. The Bertz CT molecular complexity index is 1540. The number of hydrogen-bond acceptors (Lipinski definition) is 14. The van der Waals surface area contributed by atoms with Crippen LogP contribution in [0.3, 0.4) is 0 Å². The zero-order valence-electron chi connectivity index (χ0n) is 35.4. The van der Waals surface area contributed by atoms with Crippen molar-refractivity contribution in [1.29, 1.82) is 0 Å². The standard InChI is InChI=1S/C41H71FN5O11P/c1-3-5-7-9-11-13-15-17-19-21-23-25-33(48)54-27-31(57-34(49)26-24-22-20-18-16-14-12-10-8-6-4-2)28-55-59(52,53)56-29-32-36(50)37(51)40(58-32)47-30-44-35-38(43)45-41(42)46-39(35)47/h30-32,36-37,40,50-51H,3-29H2,1-2H3,(H,52,53)(H2,43,45,46)/t31-,32-,36-,37+,40-/m1/s1. The molecule has 18 heteroatoms. The maximum absolute atomic E-state index is 13.9. The van der Waals surface area contributed by atoms with Gasteiger partial charge in [0.25, 0.3) is 0 Å². The number of aliphatic hydroxyl groups is 2. The molecular formula is C41H71FN5O11P. The van der Waals surface area contributed by atoms with Crippen molar-refractivity contribution in [3.63, 3.8) is 0 Å². The molecule has 1 saturated heterocycles. The third-order valence-electron chi connectivity index (χ3n) is 10.6. The predicted molar refractivity (Wildman–Crippen MR) is 220 cm³/mol. The fourth-order valence-corrected chi connectivity index (χ4v) is 7.83. The van der Waals surface area contributed by atoms with Crippen LogP contribution in [0.2, 0.25) is 0 Å². The Morgan fingerprint density at radius 1 is 0.780 bits per heavy atom. The van der Waals surface area contributed by atoms with Crippen molar-refractivity contribution in [2.45, 2.75) is 199 Å². The van der Waals surface area contributed by atoms with Gasteiger partial charge in [-0.1, -0.05) is 142 Å². The summed E-state index contributed by atoms with van der Waals surface area (Å²) in [5.41, 5.74) is 5.65. The number of halogens is 1. The largest absolute Gasteiger partial charge is 0.472 e. The average molecular weight is 860 g/mol. The van der Waals surface area contributed by atoms with Crippen LogP contribution >= 0.6 is 7.82 Å². The highest BCUT2D eigenvalue weighted by molar-refractivity contribution is 7.47.